The molecule has 2 aromatic carbocycles. The molecule has 0 unspecified atom stereocenters. The lowest BCUT2D eigenvalue weighted by Crippen LogP contribution is -2.35. The highest BCUT2D eigenvalue weighted by Crippen LogP contribution is 2.26. The largest absolute Gasteiger partial charge is 0.476 e. The van der Waals surface area contributed by atoms with Crippen molar-refractivity contribution in [2.75, 3.05) is 19.3 Å². The Hall–Kier alpha value is -2.34. The van der Waals surface area contributed by atoms with Crippen LogP contribution in [0.1, 0.15) is 24.5 Å². The van der Waals surface area contributed by atoms with Crippen LogP contribution in [0.3, 0.4) is 0 Å². The molecule has 0 spiro atoms. The molecule has 1 fully saturated rings. The number of hydrogen-bond donors (Lipinski definition) is 0. The normalized spacial score (nSPS) is 15.8. The van der Waals surface area contributed by atoms with E-state index in [2.05, 4.69) is 0 Å². The van der Waals surface area contributed by atoms with E-state index in [9.17, 15) is 13.2 Å². The van der Waals surface area contributed by atoms with Crippen LogP contribution in [-0.2, 0) is 14.6 Å². The number of sulfone groups is 1. The van der Waals surface area contributed by atoms with Crippen molar-refractivity contribution in [1.82, 2.24) is 4.90 Å². The number of nitrogens with zero attached hydrogens (tertiary/aromatic N) is 1. The first-order valence-corrected chi connectivity index (χ1v) is 10.1. The van der Waals surface area contributed by atoms with E-state index in [1.165, 1.54) is 12.1 Å². The van der Waals surface area contributed by atoms with Crippen molar-refractivity contribution in [1.29, 1.82) is 0 Å². The number of carbonyl (C=O) groups is 1. The van der Waals surface area contributed by atoms with Crippen LogP contribution in [-0.4, -0.2) is 38.6 Å². The zero-order valence-corrected chi connectivity index (χ0v) is 14.9. The highest BCUT2D eigenvalue weighted by Gasteiger charge is 2.29. The molecule has 5 nitrogen and oxygen atoms in total. The number of amides is 1. The number of hydrogen-bond acceptors (Lipinski definition) is 4. The second-order valence-electron chi connectivity index (χ2n) is 6.18. The zero-order valence-electron chi connectivity index (χ0n) is 14.1. The molecule has 1 aliphatic heterocycles. The van der Waals surface area contributed by atoms with Gasteiger partial charge in [0.05, 0.1) is 4.90 Å². The Morgan fingerprint density at radius 2 is 1.60 bits per heavy atom. The van der Waals surface area contributed by atoms with Crippen molar-refractivity contribution < 1.29 is 17.9 Å². The van der Waals surface area contributed by atoms with E-state index < -0.39 is 15.9 Å². The first-order valence-electron chi connectivity index (χ1n) is 8.26. The quantitative estimate of drug-likeness (QED) is 0.823. The molecule has 0 radical (unpaired) electrons. The van der Waals surface area contributed by atoms with Crippen molar-refractivity contribution in [2.45, 2.75) is 23.8 Å². The second kappa shape index (κ2) is 7.27. The molecule has 3 rings (SSSR count). The zero-order chi connectivity index (χ0) is 17.9. The van der Waals surface area contributed by atoms with E-state index in [1.807, 2.05) is 35.2 Å². The van der Waals surface area contributed by atoms with Gasteiger partial charge in [-0.2, -0.15) is 0 Å². The smallest absolute Gasteiger partial charge is 0.268 e. The Bertz CT molecular complexity index is 825. The van der Waals surface area contributed by atoms with Gasteiger partial charge in [0.1, 0.15) is 5.75 Å². The van der Waals surface area contributed by atoms with Gasteiger partial charge in [0.2, 0.25) is 6.10 Å². The van der Waals surface area contributed by atoms with Crippen LogP contribution in [0.4, 0.5) is 0 Å². The molecule has 0 aromatic heterocycles. The van der Waals surface area contributed by atoms with Gasteiger partial charge in [-0.15, -0.1) is 0 Å². The minimum atomic E-state index is -3.26. The Morgan fingerprint density at radius 3 is 2.16 bits per heavy atom. The fourth-order valence-corrected chi connectivity index (χ4v) is 3.52. The van der Waals surface area contributed by atoms with Crippen molar-refractivity contribution in [3.05, 3.63) is 60.2 Å². The van der Waals surface area contributed by atoms with E-state index in [0.29, 0.717) is 5.75 Å². The van der Waals surface area contributed by atoms with Gasteiger partial charge in [-0.1, -0.05) is 30.3 Å². The summed E-state index contributed by atoms with van der Waals surface area (Å²) in [6, 6.07) is 15.5. The molecule has 1 saturated heterocycles. The third kappa shape index (κ3) is 4.20. The van der Waals surface area contributed by atoms with E-state index in [0.717, 1.165) is 37.8 Å². The molecule has 0 bridgehead atoms. The summed E-state index contributed by atoms with van der Waals surface area (Å²) in [5, 5.41) is 0. The Labute approximate surface area is 148 Å². The summed E-state index contributed by atoms with van der Waals surface area (Å²) < 4.78 is 29.1. The van der Waals surface area contributed by atoms with E-state index in [-0.39, 0.29) is 10.8 Å². The molecule has 1 atom stereocenters. The lowest BCUT2D eigenvalue weighted by molar-refractivity contribution is -0.137. The number of carbonyl (C=O) groups excluding carboxylic acids is 1. The fourth-order valence-electron chi connectivity index (χ4n) is 2.89. The molecule has 0 aliphatic carbocycles. The van der Waals surface area contributed by atoms with Gasteiger partial charge in [-0.3, -0.25) is 4.79 Å². The van der Waals surface area contributed by atoms with Gasteiger partial charge in [0, 0.05) is 24.9 Å². The highest BCUT2D eigenvalue weighted by molar-refractivity contribution is 7.90. The predicted molar refractivity (Wildman–Crippen MR) is 95.2 cm³/mol. The number of rotatable bonds is 5. The van der Waals surface area contributed by atoms with E-state index in [1.54, 1.807) is 12.1 Å². The van der Waals surface area contributed by atoms with Crippen LogP contribution in [0.2, 0.25) is 0 Å². The summed E-state index contributed by atoms with van der Waals surface area (Å²) >= 11 is 0. The van der Waals surface area contributed by atoms with Crippen molar-refractivity contribution in [3.63, 3.8) is 0 Å². The molecule has 1 heterocycles. The second-order valence-corrected chi connectivity index (χ2v) is 8.20. The van der Waals surface area contributed by atoms with Gasteiger partial charge in [-0.25, -0.2) is 8.42 Å². The fraction of sp³-hybridized carbons (Fsp3) is 0.316. The first-order chi connectivity index (χ1) is 11.9. The maximum absolute atomic E-state index is 12.9. The maximum Gasteiger partial charge on any atom is 0.268 e. The standard InChI is InChI=1S/C19H21NO4S/c1-25(22,23)17-11-9-16(10-12-17)24-18(15-7-3-2-4-8-15)19(21)20-13-5-6-14-20/h2-4,7-12,18H,5-6,13-14H2,1H3/t18-/m1/s1. The van der Waals surface area contributed by atoms with Crippen molar-refractivity contribution in [2.24, 2.45) is 0 Å². The molecule has 1 amide bonds. The Balaban J connectivity index is 1.86. The lowest BCUT2D eigenvalue weighted by atomic mass is 10.1. The molecular weight excluding hydrogens is 338 g/mol. The lowest BCUT2D eigenvalue weighted by Gasteiger charge is -2.24. The first kappa shape index (κ1) is 17.5. The van der Waals surface area contributed by atoms with Crippen LogP contribution >= 0.6 is 0 Å². The van der Waals surface area contributed by atoms with Crippen LogP contribution in [0.15, 0.2) is 59.5 Å². The van der Waals surface area contributed by atoms with Gasteiger partial charge in [-0.05, 0) is 37.1 Å². The molecule has 25 heavy (non-hydrogen) atoms. The average Bonchev–Trinajstić information content (AvgIpc) is 3.14. The topological polar surface area (TPSA) is 63.7 Å². The van der Waals surface area contributed by atoms with Crippen LogP contribution in [0.25, 0.3) is 0 Å². The summed E-state index contributed by atoms with van der Waals surface area (Å²) in [5.41, 5.74) is 0.784. The van der Waals surface area contributed by atoms with Gasteiger partial charge < -0.3 is 9.64 Å². The van der Waals surface area contributed by atoms with Crippen molar-refractivity contribution >= 4 is 15.7 Å². The third-order valence-corrected chi connectivity index (χ3v) is 5.38. The summed E-state index contributed by atoms with van der Waals surface area (Å²) in [5.74, 6) is 0.407. The van der Waals surface area contributed by atoms with Crippen LogP contribution < -0.4 is 4.74 Å². The molecule has 2 aromatic rings. The van der Waals surface area contributed by atoms with Gasteiger partial charge in [0.15, 0.2) is 9.84 Å². The number of likely N-dealkylation sites (tertiary alicyclic amines) is 1. The summed E-state index contributed by atoms with van der Waals surface area (Å²) in [6.45, 7) is 1.50. The number of ether oxygens (including phenoxy) is 1. The summed E-state index contributed by atoms with van der Waals surface area (Å²) in [7, 11) is -3.26. The third-order valence-electron chi connectivity index (χ3n) is 4.25. The Morgan fingerprint density at radius 1 is 1.00 bits per heavy atom. The molecular formula is C19H21NO4S. The molecule has 1 aliphatic rings. The SMILES string of the molecule is CS(=O)(=O)c1ccc(O[C@@H](C(=O)N2CCCC2)c2ccccc2)cc1. The molecule has 0 N–H and O–H groups in total. The minimum absolute atomic E-state index is 0.0594. The average molecular weight is 359 g/mol. The molecule has 132 valence electrons. The minimum Gasteiger partial charge on any atom is -0.476 e. The summed E-state index contributed by atoms with van der Waals surface area (Å²) in [4.78, 5) is 14.9. The van der Waals surface area contributed by atoms with Gasteiger partial charge in [0.25, 0.3) is 5.91 Å². The summed E-state index contributed by atoms with van der Waals surface area (Å²) in [6.07, 6.45) is 2.45. The van der Waals surface area contributed by atoms with E-state index in [4.69, 9.17) is 4.74 Å². The highest BCUT2D eigenvalue weighted by atomic mass is 32.2. The van der Waals surface area contributed by atoms with Crippen LogP contribution in [0, 0.1) is 0 Å². The van der Waals surface area contributed by atoms with Crippen molar-refractivity contribution in [3.8, 4) is 5.75 Å². The molecule has 0 saturated carbocycles. The van der Waals surface area contributed by atoms with E-state index >= 15 is 0 Å². The Kier molecular flexibility index (Phi) is 5.08. The monoisotopic (exact) mass is 359 g/mol. The van der Waals surface area contributed by atoms with Crippen LogP contribution in [0.5, 0.6) is 5.75 Å². The maximum atomic E-state index is 12.9. The predicted octanol–water partition coefficient (Wildman–Crippen LogP) is 2.83. The van der Waals surface area contributed by atoms with Gasteiger partial charge >= 0.3 is 0 Å². The molecule has 6 heteroatoms. The number of benzene rings is 2.